The minimum absolute atomic E-state index is 0.0187. The Morgan fingerprint density at radius 2 is 2.14 bits per heavy atom. The molecule has 0 aromatic carbocycles. The fraction of sp³-hybridized carbons (Fsp3) is 0.778. The van der Waals surface area contributed by atoms with Crippen molar-refractivity contribution in [2.24, 2.45) is 17.4 Å². The molecule has 0 aliphatic carbocycles. The van der Waals surface area contributed by atoms with Crippen LogP contribution in [0.25, 0.3) is 0 Å². The minimum Gasteiger partial charge on any atom is -0.368 e. The average molecular weight is 199 g/mol. The third-order valence-corrected chi connectivity index (χ3v) is 2.74. The Balaban J connectivity index is 2.55. The Bertz CT molecular complexity index is 230. The molecule has 1 rings (SSSR count). The van der Waals surface area contributed by atoms with Gasteiger partial charge in [0, 0.05) is 25.9 Å². The molecule has 0 aromatic rings. The summed E-state index contributed by atoms with van der Waals surface area (Å²) in [6, 6.07) is -0.628. The zero-order valence-corrected chi connectivity index (χ0v) is 8.40. The van der Waals surface area contributed by atoms with E-state index in [-0.39, 0.29) is 11.8 Å². The number of amides is 2. The number of primary amides is 1. The van der Waals surface area contributed by atoms with Crippen molar-refractivity contribution in [2.75, 3.05) is 13.1 Å². The smallest absolute Gasteiger partial charge is 0.234 e. The second kappa shape index (κ2) is 4.41. The van der Waals surface area contributed by atoms with Crippen molar-refractivity contribution in [3.8, 4) is 0 Å². The number of carbonyl (C=O) groups is 2. The van der Waals surface area contributed by atoms with Gasteiger partial charge < -0.3 is 16.4 Å². The fourth-order valence-electron chi connectivity index (χ4n) is 1.82. The third kappa shape index (κ3) is 2.45. The summed E-state index contributed by atoms with van der Waals surface area (Å²) < 4.78 is 0. The maximum Gasteiger partial charge on any atom is 0.234 e. The maximum atomic E-state index is 11.1. The van der Waals surface area contributed by atoms with E-state index in [4.69, 9.17) is 11.5 Å². The van der Waals surface area contributed by atoms with Crippen LogP contribution in [0.5, 0.6) is 0 Å². The molecule has 1 heterocycles. The van der Waals surface area contributed by atoms with E-state index in [1.165, 1.54) is 6.92 Å². The molecular weight excluding hydrogens is 182 g/mol. The minimum atomic E-state index is -0.628. The molecule has 2 amide bonds. The van der Waals surface area contributed by atoms with E-state index in [1.807, 2.05) is 0 Å². The number of nitrogens with two attached hydrogens (primary N) is 2. The number of nitrogens with zero attached hydrogens (tertiary/aromatic N) is 1. The zero-order valence-electron chi connectivity index (χ0n) is 8.40. The number of rotatable bonds is 2. The Labute approximate surface area is 83.4 Å². The molecule has 5 nitrogen and oxygen atoms in total. The highest BCUT2D eigenvalue weighted by Gasteiger charge is 2.28. The summed E-state index contributed by atoms with van der Waals surface area (Å²) in [5.41, 5.74) is 10.8. The molecule has 0 saturated carbocycles. The lowest BCUT2D eigenvalue weighted by Gasteiger charge is -2.34. The predicted octanol–water partition coefficient (Wildman–Crippen LogP) is -0.942. The predicted molar refractivity (Wildman–Crippen MR) is 52.1 cm³/mol. The van der Waals surface area contributed by atoms with Crippen molar-refractivity contribution in [1.29, 1.82) is 0 Å². The number of hydrogen-bond acceptors (Lipinski definition) is 3. The van der Waals surface area contributed by atoms with Crippen molar-refractivity contribution >= 4 is 11.8 Å². The lowest BCUT2D eigenvalue weighted by atomic mass is 9.91. The average Bonchev–Trinajstić information content (AvgIpc) is 2.16. The molecule has 0 aromatic heterocycles. The van der Waals surface area contributed by atoms with E-state index in [0.29, 0.717) is 6.54 Å². The third-order valence-electron chi connectivity index (χ3n) is 2.74. The van der Waals surface area contributed by atoms with Gasteiger partial charge in [0.1, 0.15) is 0 Å². The van der Waals surface area contributed by atoms with Gasteiger partial charge in [-0.25, -0.2) is 0 Å². The molecule has 1 aliphatic heterocycles. The summed E-state index contributed by atoms with van der Waals surface area (Å²) >= 11 is 0. The van der Waals surface area contributed by atoms with E-state index in [9.17, 15) is 9.59 Å². The number of hydrogen-bond donors (Lipinski definition) is 2. The van der Waals surface area contributed by atoms with Crippen LogP contribution in [-0.2, 0) is 9.59 Å². The van der Waals surface area contributed by atoms with Crippen molar-refractivity contribution in [3.05, 3.63) is 0 Å². The van der Waals surface area contributed by atoms with Crippen molar-refractivity contribution in [2.45, 2.75) is 25.8 Å². The van der Waals surface area contributed by atoms with Gasteiger partial charge in [-0.2, -0.15) is 0 Å². The van der Waals surface area contributed by atoms with Gasteiger partial charge in [-0.1, -0.05) is 0 Å². The molecule has 1 aliphatic rings. The molecule has 0 bridgehead atoms. The van der Waals surface area contributed by atoms with Crippen molar-refractivity contribution in [3.63, 3.8) is 0 Å². The maximum absolute atomic E-state index is 11.1. The van der Waals surface area contributed by atoms with Gasteiger partial charge in [0.05, 0.1) is 6.04 Å². The molecular formula is C9H17N3O2. The highest BCUT2D eigenvalue weighted by Crippen LogP contribution is 2.18. The standard InChI is InChI=1S/C9H17N3O2/c1-6(13)12-4-2-3-7(5-12)8(10)9(11)14/h7-8H,2-5,10H2,1H3,(H2,11,14). The number of likely N-dealkylation sites (tertiary alicyclic amines) is 1. The highest BCUT2D eigenvalue weighted by molar-refractivity contribution is 5.80. The van der Waals surface area contributed by atoms with E-state index >= 15 is 0 Å². The van der Waals surface area contributed by atoms with Crippen LogP contribution in [-0.4, -0.2) is 35.8 Å². The Kier molecular flexibility index (Phi) is 3.46. The lowest BCUT2D eigenvalue weighted by Crippen LogP contribution is -2.50. The zero-order chi connectivity index (χ0) is 10.7. The van der Waals surface area contributed by atoms with Gasteiger partial charge in [-0.15, -0.1) is 0 Å². The van der Waals surface area contributed by atoms with Gasteiger partial charge in [-0.05, 0) is 12.8 Å². The highest BCUT2D eigenvalue weighted by atomic mass is 16.2. The summed E-state index contributed by atoms with van der Waals surface area (Å²) in [7, 11) is 0. The van der Waals surface area contributed by atoms with Gasteiger partial charge >= 0.3 is 0 Å². The molecule has 80 valence electrons. The quantitative estimate of drug-likeness (QED) is 0.601. The van der Waals surface area contributed by atoms with Crippen LogP contribution >= 0.6 is 0 Å². The molecule has 1 saturated heterocycles. The van der Waals surface area contributed by atoms with Crippen molar-refractivity contribution in [1.82, 2.24) is 4.90 Å². The Morgan fingerprint density at radius 3 is 2.64 bits per heavy atom. The second-order valence-electron chi connectivity index (χ2n) is 3.80. The van der Waals surface area contributed by atoms with E-state index < -0.39 is 11.9 Å². The van der Waals surface area contributed by atoms with Gasteiger partial charge in [0.25, 0.3) is 0 Å². The van der Waals surface area contributed by atoms with Crippen LogP contribution in [0, 0.1) is 5.92 Å². The van der Waals surface area contributed by atoms with Crippen LogP contribution in [0.1, 0.15) is 19.8 Å². The number of piperidine rings is 1. The molecule has 14 heavy (non-hydrogen) atoms. The SMILES string of the molecule is CC(=O)N1CCCC(C(N)C(N)=O)C1. The summed E-state index contributed by atoms with van der Waals surface area (Å²) in [6.07, 6.45) is 1.76. The Hall–Kier alpha value is -1.10. The molecule has 1 fully saturated rings. The van der Waals surface area contributed by atoms with Crippen molar-refractivity contribution < 1.29 is 9.59 Å². The molecule has 2 unspecified atom stereocenters. The first kappa shape index (κ1) is 11.0. The van der Waals surface area contributed by atoms with Gasteiger partial charge in [0.2, 0.25) is 11.8 Å². The van der Waals surface area contributed by atoms with Gasteiger partial charge in [0.15, 0.2) is 0 Å². The molecule has 5 heteroatoms. The lowest BCUT2D eigenvalue weighted by molar-refractivity contribution is -0.132. The normalized spacial score (nSPS) is 24.4. The summed E-state index contributed by atoms with van der Waals surface area (Å²) in [6.45, 7) is 2.84. The van der Waals surface area contributed by atoms with Crippen LogP contribution in [0.3, 0.4) is 0 Å². The summed E-state index contributed by atoms with van der Waals surface area (Å²) in [5.74, 6) is -0.433. The monoisotopic (exact) mass is 199 g/mol. The van der Waals surface area contributed by atoms with Crippen LogP contribution in [0.15, 0.2) is 0 Å². The van der Waals surface area contributed by atoms with Crippen LogP contribution in [0.2, 0.25) is 0 Å². The molecule has 4 N–H and O–H groups in total. The van der Waals surface area contributed by atoms with E-state index in [0.717, 1.165) is 19.4 Å². The molecule has 2 atom stereocenters. The van der Waals surface area contributed by atoms with Crippen LogP contribution in [0.4, 0.5) is 0 Å². The molecule has 0 radical (unpaired) electrons. The number of carbonyl (C=O) groups excluding carboxylic acids is 2. The first-order valence-corrected chi connectivity index (χ1v) is 4.82. The first-order chi connectivity index (χ1) is 6.52. The largest absolute Gasteiger partial charge is 0.368 e. The second-order valence-corrected chi connectivity index (χ2v) is 3.80. The summed E-state index contributed by atoms with van der Waals surface area (Å²) in [5, 5.41) is 0. The fourth-order valence-corrected chi connectivity index (χ4v) is 1.82. The van der Waals surface area contributed by atoms with E-state index in [2.05, 4.69) is 0 Å². The Morgan fingerprint density at radius 1 is 1.50 bits per heavy atom. The van der Waals surface area contributed by atoms with Gasteiger partial charge in [-0.3, -0.25) is 9.59 Å². The summed E-state index contributed by atoms with van der Waals surface area (Å²) in [4.78, 5) is 23.7. The topological polar surface area (TPSA) is 89.4 Å². The first-order valence-electron chi connectivity index (χ1n) is 4.82. The molecule has 0 spiro atoms. The van der Waals surface area contributed by atoms with E-state index in [1.54, 1.807) is 4.90 Å². The van der Waals surface area contributed by atoms with Crippen LogP contribution < -0.4 is 11.5 Å².